The van der Waals surface area contributed by atoms with Crippen molar-refractivity contribution in [2.45, 2.75) is 54.1 Å². The van der Waals surface area contributed by atoms with Crippen LogP contribution in [-0.4, -0.2) is 23.7 Å². The van der Waals surface area contributed by atoms with Gasteiger partial charge in [-0.05, 0) is 50.7 Å². The van der Waals surface area contributed by atoms with Crippen molar-refractivity contribution < 1.29 is 9.90 Å². The Hall–Kier alpha value is -1.35. The van der Waals surface area contributed by atoms with E-state index in [-0.39, 0.29) is 17.4 Å². The predicted molar refractivity (Wildman–Crippen MR) is 83.1 cm³/mol. The average Bonchev–Trinajstić information content (AvgIpc) is 2.23. The van der Waals surface area contributed by atoms with E-state index >= 15 is 0 Å². The fourth-order valence-electron chi connectivity index (χ4n) is 2.82. The second kappa shape index (κ2) is 6.40. The van der Waals surface area contributed by atoms with Gasteiger partial charge in [-0.15, -0.1) is 0 Å². The molecule has 0 bridgehead atoms. The lowest BCUT2D eigenvalue weighted by atomic mass is 9.87. The number of hydrogen-bond acceptors (Lipinski definition) is 2. The maximum absolute atomic E-state index is 12.4. The quantitative estimate of drug-likeness (QED) is 0.868. The Morgan fingerprint density at radius 1 is 1.25 bits per heavy atom. The molecule has 0 spiro atoms. The fraction of sp³-hybridized carbons (Fsp3) is 0.588. The minimum atomic E-state index is -0.357. The number of carbonyl (C=O) groups is 1. The molecule has 112 valence electrons. The van der Waals surface area contributed by atoms with Gasteiger partial charge in [-0.2, -0.15) is 0 Å². The first-order valence-electron chi connectivity index (χ1n) is 7.16. The first-order chi connectivity index (χ1) is 9.12. The maximum Gasteiger partial charge on any atom is 0.251 e. The number of hydrogen-bond donors (Lipinski definition) is 2. The van der Waals surface area contributed by atoms with Crippen LogP contribution in [0.1, 0.15) is 54.2 Å². The summed E-state index contributed by atoms with van der Waals surface area (Å²) in [5.41, 5.74) is 3.84. The molecule has 0 aliphatic carbocycles. The van der Waals surface area contributed by atoms with Gasteiger partial charge in [0.1, 0.15) is 0 Å². The molecular weight excluding hydrogens is 250 g/mol. The molecule has 1 rings (SSSR count). The molecule has 3 heteroatoms. The monoisotopic (exact) mass is 277 g/mol. The molecule has 1 atom stereocenters. The molecule has 0 fully saturated rings. The first kappa shape index (κ1) is 16.7. The smallest absolute Gasteiger partial charge is 0.251 e. The van der Waals surface area contributed by atoms with Gasteiger partial charge in [0.05, 0.1) is 6.10 Å². The molecule has 1 unspecified atom stereocenters. The van der Waals surface area contributed by atoms with Gasteiger partial charge in [-0.3, -0.25) is 4.79 Å². The number of nitrogens with one attached hydrogen (secondary N) is 1. The van der Waals surface area contributed by atoms with Crippen LogP contribution in [0.4, 0.5) is 0 Å². The van der Waals surface area contributed by atoms with Crippen LogP contribution >= 0.6 is 0 Å². The van der Waals surface area contributed by atoms with Crippen LogP contribution in [0.5, 0.6) is 0 Å². The van der Waals surface area contributed by atoms with Crippen molar-refractivity contribution in [2.75, 3.05) is 6.54 Å². The number of benzene rings is 1. The van der Waals surface area contributed by atoms with E-state index in [1.165, 1.54) is 5.56 Å². The van der Waals surface area contributed by atoms with Crippen LogP contribution < -0.4 is 5.32 Å². The number of aliphatic hydroxyl groups is 1. The van der Waals surface area contributed by atoms with E-state index in [1.807, 2.05) is 32.9 Å². The van der Waals surface area contributed by atoms with Crippen LogP contribution in [0.3, 0.4) is 0 Å². The number of aliphatic hydroxyl groups excluding tert-OH is 1. The zero-order valence-corrected chi connectivity index (χ0v) is 13.5. The van der Waals surface area contributed by atoms with Gasteiger partial charge in [0, 0.05) is 12.1 Å². The normalized spacial score (nSPS) is 13.2. The zero-order valence-electron chi connectivity index (χ0n) is 13.5. The van der Waals surface area contributed by atoms with Crippen molar-refractivity contribution in [3.63, 3.8) is 0 Å². The van der Waals surface area contributed by atoms with E-state index in [0.29, 0.717) is 13.0 Å². The number of rotatable bonds is 5. The standard InChI is InChI=1S/C17H27NO2/c1-11-7-12(2)15(13(3)8-11)16(20)18-10-17(5,6)9-14(4)19/h7-8,14,19H,9-10H2,1-6H3,(H,18,20). The molecule has 1 aromatic carbocycles. The van der Waals surface area contributed by atoms with E-state index in [0.717, 1.165) is 16.7 Å². The molecule has 3 nitrogen and oxygen atoms in total. The second-order valence-electron chi connectivity index (χ2n) is 6.67. The molecule has 2 N–H and O–H groups in total. The summed E-state index contributed by atoms with van der Waals surface area (Å²) < 4.78 is 0. The Labute approximate surface area is 122 Å². The lowest BCUT2D eigenvalue weighted by Crippen LogP contribution is -2.36. The third-order valence-electron chi connectivity index (χ3n) is 3.48. The molecule has 0 aromatic heterocycles. The molecule has 0 heterocycles. The van der Waals surface area contributed by atoms with Crippen molar-refractivity contribution in [3.8, 4) is 0 Å². The van der Waals surface area contributed by atoms with Crippen molar-refractivity contribution in [2.24, 2.45) is 5.41 Å². The Balaban J connectivity index is 2.78. The van der Waals surface area contributed by atoms with Gasteiger partial charge >= 0.3 is 0 Å². The topological polar surface area (TPSA) is 49.3 Å². The lowest BCUT2D eigenvalue weighted by molar-refractivity contribution is 0.0901. The van der Waals surface area contributed by atoms with Gasteiger partial charge in [-0.1, -0.05) is 31.5 Å². The Morgan fingerprint density at radius 2 is 1.75 bits per heavy atom. The molecule has 0 aliphatic rings. The van der Waals surface area contributed by atoms with Crippen LogP contribution in [0.2, 0.25) is 0 Å². The number of amides is 1. The maximum atomic E-state index is 12.4. The van der Waals surface area contributed by atoms with Crippen molar-refractivity contribution in [1.82, 2.24) is 5.32 Å². The van der Waals surface area contributed by atoms with Gasteiger partial charge in [0.25, 0.3) is 5.91 Å². The highest BCUT2D eigenvalue weighted by Gasteiger charge is 2.22. The van der Waals surface area contributed by atoms with E-state index < -0.39 is 0 Å². The van der Waals surface area contributed by atoms with E-state index in [4.69, 9.17) is 0 Å². The van der Waals surface area contributed by atoms with Crippen molar-refractivity contribution >= 4 is 5.91 Å². The molecule has 0 saturated heterocycles. The lowest BCUT2D eigenvalue weighted by Gasteiger charge is -2.26. The van der Waals surface area contributed by atoms with Gasteiger partial charge in [-0.25, -0.2) is 0 Å². The van der Waals surface area contributed by atoms with Crippen LogP contribution in [0.25, 0.3) is 0 Å². The average molecular weight is 277 g/mol. The molecule has 0 radical (unpaired) electrons. The summed E-state index contributed by atoms with van der Waals surface area (Å²) in [6, 6.07) is 4.06. The summed E-state index contributed by atoms with van der Waals surface area (Å²) in [6.45, 7) is 12.4. The van der Waals surface area contributed by atoms with Crippen molar-refractivity contribution in [3.05, 3.63) is 34.4 Å². The molecule has 0 saturated carbocycles. The number of carbonyl (C=O) groups excluding carboxylic acids is 1. The van der Waals surface area contributed by atoms with Crippen molar-refractivity contribution in [1.29, 1.82) is 0 Å². The molecule has 1 aromatic rings. The minimum absolute atomic E-state index is 0.0290. The Bertz CT molecular complexity index is 467. The largest absolute Gasteiger partial charge is 0.393 e. The zero-order chi connectivity index (χ0) is 15.5. The highest BCUT2D eigenvalue weighted by molar-refractivity contribution is 5.97. The summed E-state index contributed by atoms with van der Waals surface area (Å²) in [5, 5.41) is 12.5. The summed E-state index contributed by atoms with van der Waals surface area (Å²) in [5.74, 6) is -0.0290. The molecule has 1 amide bonds. The van der Waals surface area contributed by atoms with Gasteiger partial charge in [0.15, 0.2) is 0 Å². The SMILES string of the molecule is Cc1cc(C)c(C(=O)NCC(C)(C)CC(C)O)c(C)c1. The summed E-state index contributed by atoms with van der Waals surface area (Å²) in [7, 11) is 0. The Morgan fingerprint density at radius 3 is 2.20 bits per heavy atom. The molecular formula is C17H27NO2. The van der Waals surface area contributed by atoms with E-state index in [2.05, 4.69) is 19.2 Å². The van der Waals surface area contributed by atoms with Crippen LogP contribution in [0.15, 0.2) is 12.1 Å². The van der Waals surface area contributed by atoms with Gasteiger partial charge in [0.2, 0.25) is 0 Å². The second-order valence-corrected chi connectivity index (χ2v) is 6.67. The molecule has 0 aliphatic heterocycles. The third-order valence-corrected chi connectivity index (χ3v) is 3.48. The highest BCUT2D eigenvalue weighted by atomic mass is 16.3. The summed E-state index contributed by atoms with van der Waals surface area (Å²) in [6.07, 6.45) is 0.309. The Kier molecular flexibility index (Phi) is 5.35. The minimum Gasteiger partial charge on any atom is -0.393 e. The fourth-order valence-corrected chi connectivity index (χ4v) is 2.82. The van der Waals surface area contributed by atoms with Gasteiger partial charge < -0.3 is 10.4 Å². The first-order valence-corrected chi connectivity index (χ1v) is 7.16. The summed E-state index contributed by atoms with van der Waals surface area (Å²) in [4.78, 5) is 12.4. The van der Waals surface area contributed by atoms with E-state index in [1.54, 1.807) is 6.92 Å². The summed E-state index contributed by atoms with van der Waals surface area (Å²) >= 11 is 0. The van der Waals surface area contributed by atoms with E-state index in [9.17, 15) is 9.90 Å². The molecule has 20 heavy (non-hydrogen) atoms. The highest BCUT2D eigenvalue weighted by Crippen LogP contribution is 2.22. The number of aryl methyl sites for hydroxylation is 3. The van der Waals surface area contributed by atoms with Crippen LogP contribution in [-0.2, 0) is 0 Å². The predicted octanol–water partition coefficient (Wildman–Crippen LogP) is 3.14. The third kappa shape index (κ3) is 4.64. The van der Waals surface area contributed by atoms with Crippen LogP contribution in [0, 0.1) is 26.2 Å².